The van der Waals surface area contributed by atoms with Crippen molar-refractivity contribution in [3.63, 3.8) is 0 Å². The quantitative estimate of drug-likeness (QED) is 0.753. The van der Waals surface area contributed by atoms with Gasteiger partial charge in [-0.05, 0) is 43.2 Å². The van der Waals surface area contributed by atoms with Crippen LogP contribution in [0.1, 0.15) is 23.2 Å². The molecule has 0 N–H and O–H groups in total. The summed E-state index contributed by atoms with van der Waals surface area (Å²) in [7, 11) is 0. The highest BCUT2D eigenvalue weighted by Gasteiger charge is 2.30. The lowest BCUT2D eigenvalue weighted by atomic mass is 10.1. The van der Waals surface area contributed by atoms with Gasteiger partial charge in [0, 0.05) is 11.5 Å². The van der Waals surface area contributed by atoms with Crippen molar-refractivity contribution >= 4 is 17.4 Å². The lowest BCUT2D eigenvalue weighted by Gasteiger charge is -2.08. The number of hydrogen-bond donors (Lipinski definition) is 0. The summed E-state index contributed by atoms with van der Waals surface area (Å²) in [5.74, 6) is 1.69. The molecule has 1 aliphatic rings. The van der Waals surface area contributed by atoms with Gasteiger partial charge < -0.3 is 4.74 Å². The maximum Gasteiger partial charge on any atom is 0.165 e. The third kappa shape index (κ3) is 2.79. The molecule has 0 amide bonds. The minimum Gasteiger partial charge on any atom is -0.456 e. The second-order valence-electron chi connectivity index (χ2n) is 4.70. The maximum absolute atomic E-state index is 11.9. The molecule has 0 unspecified atom stereocenters. The molecule has 0 spiro atoms. The molecule has 3 heteroatoms. The van der Waals surface area contributed by atoms with Crippen LogP contribution in [0.15, 0.2) is 48.5 Å². The average Bonchev–Trinajstić information content (AvgIpc) is 3.26. The molecule has 19 heavy (non-hydrogen) atoms. The van der Waals surface area contributed by atoms with Crippen LogP contribution in [0, 0.1) is 5.92 Å². The number of carbonyl (C=O) groups excluding carboxylic acids is 1. The zero-order valence-corrected chi connectivity index (χ0v) is 11.1. The van der Waals surface area contributed by atoms with E-state index in [1.54, 1.807) is 18.2 Å². The lowest BCUT2D eigenvalue weighted by molar-refractivity contribution is 0.0967. The van der Waals surface area contributed by atoms with Crippen LogP contribution in [0.25, 0.3) is 0 Å². The van der Waals surface area contributed by atoms with Gasteiger partial charge in [-0.25, -0.2) is 0 Å². The lowest BCUT2D eigenvalue weighted by Crippen LogP contribution is -2.01. The zero-order chi connectivity index (χ0) is 13.2. The van der Waals surface area contributed by atoms with E-state index in [-0.39, 0.29) is 11.7 Å². The van der Waals surface area contributed by atoms with E-state index in [4.69, 9.17) is 16.3 Å². The predicted molar refractivity (Wildman–Crippen MR) is 75.0 cm³/mol. The van der Waals surface area contributed by atoms with Gasteiger partial charge in [0.1, 0.15) is 11.5 Å². The second kappa shape index (κ2) is 5.06. The number of benzene rings is 2. The Kier molecular flexibility index (Phi) is 3.26. The monoisotopic (exact) mass is 272 g/mol. The minimum atomic E-state index is 0.188. The number of ether oxygens (including phenoxy) is 1. The van der Waals surface area contributed by atoms with Crippen LogP contribution in [0.3, 0.4) is 0 Å². The molecule has 1 fully saturated rings. The van der Waals surface area contributed by atoms with Gasteiger partial charge in [0.05, 0.1) is 5.02 Å². The number of hydrogen-bond acceptors (Lipinski definition) is 2. The molecule has 0 atom stereocenters. The summed E-state index contributed by atoms with van der Waals surface area (Å²) < 4.78 is 5.68. The molecule has 2 aromatic rings. The van der Waals surface area contributed by atoms with Gasteiger partial charge >= 0.3 is 0 Å². The highest BCUT2D eigenvalue weighted by molar-refractivity contribution is 6.32. The fourth-order valence-electron chi connectivity index (χ4n) is 1.93. The predicted octanol–water partition coefficient (Wildman–Crippen LogP) is 4.73. The number of para-hydroxylation sites is 1. The summed E-state index contributed by atoms with van der Waals surface area (Å²) in [6.45, 7) is 0. The second-order valence-corrected chi connectivity index (χ2v) is 5.11. The Morgan fingerprint density at radius 3 is 2.47 bits per heavy atom. The van der Waals surface area contributed by atoms with Gasteiger partial charge in [0.15, 0.2) is 5.78 Å². The summed E-state index contributed by atoms with van der Waals surface area (Å²) in [6.07, 6.45) is 2.00. The zero-order valence-electron chi connectivity index (χ0n) is 10.3. The van der Waals surface area contributed by atoms with Crippen LogP contribution in [0.4, 0.5) is 0 Å². The first kappa shape index (κ1) is 12.2. The Morgan fingerprint density at radius 2 is 1.84 bits per heavy atom. The molecule has 0 saturated heterocycles. The van der Waals surface area contributed by atoms with Gasteiger partial charge in [0.2, 0.25) is 0 Å². The molecular weight excluding hydrogens is 260 g/mol. The molecule has 0 bridgehead atoms. The summed E-state index contributed by atoms with van der Waals surface area (Å²) in [5.41, 5.74) is 0.674. The molecular formula is C16H13ClO2. The summed E-state index contributed by atoms with van der Waals surface area (Å²) in [4.78, 5) is 11.9. The molecule has 0 radical (unpaired) electrons. The molecule has 1 saturated carbocycles. The van der Waals surface area contributed by atoms with E-state index in [0.717, 1.165) is 18.6 Å². The van der Waals surface area contributed by atoms with Gasteiger partial charge in [-0.2, -0.15) is 0 Å². The first-order chi connectivity index (χ1) is 9.24. The van der Waals surface area contributed by atoms with E-state index < -0.39 is 0 Å². The topological polar surface area (TPSA) is 26.3 Å². The third-order valence-corrected chi connectivity index (χ3v) is 3.43. The summed E-state index contributed by atoms with van der Waals surface area (Å²) in [6, 6.07) is 14.7. The number of ketones is 1. The van der Waals surface area contributed by atoms with Gasteiger partial charge in [-0.15, -0.1) is 0 Å². The molecule has 0 heterocycles. The number of rotatable bonds is 4. The number of Topliss-reactive ketones (excluding diaryl/α,β-unsaturated/α-hetero) is 1. The Labute approximate surface area is 117 Å². The fraction of sp³-hybridized carbons (Fsp3) is 0.188. The van der Waals surface area contributed by atoms with Crippen molar-refractivity contribution in [2.24, 2.45) is 5.92 Å². The van der Waals surface area contributed by atoms with Crippen LogP contribution >= 0.6 is 11.6 Å². The molecule has 0 aromatic heterocycles. The smallest absolute Gasteiger partial charge is 0.165 e. The van der Waals surface area contributed by atoms with Crippen molar-refractivity contribution in [2.45, 2.75) is 12.8 Å². The first-order valence-electron chi connectivity index (χ1n) is 6.31. The highest BCUT2D eigenvalue weighted by Crippen LogP contribution is 2.35. The average molecular weight is 273 g/mol. The molecule has 0 aliphatic heterocycles. The third-order valence-electron chi connectivity index (χ3n) is 3.14. The standard InChI is InChI=1S/C16H13ClO2/c17-14-10-12(16(18)11-6-7-11)8-9-15(14)19-13-4-2-1-3-5-13/h1-5,8-11H,6-7H2. The van der Waals surface area contributed by atoms with Crippen molar-refractivity contribution in [1.29, 1.82) is 0 Å². The molecule has 2 aromatic carbocycles. The van der Waals surface area contributed by atoms with Crippen LogP contribution in [-0.2, 0) is 0 Å². The van der Waals surface area contributed by atoms with Crippen LogP contribution in [0.5, 0.6) is 11.5 Å². The van der Waals surface area contributed by atoms with Crippen LogP contribution in [-0.4, -0.2) is 5.78 Å². The Bertz CT molecular complexity index is 603. The maximum atomic E-state index is 11.9. The van der Waals surface area contributed by atoms with Crippen molar-refractivity contribution in [1.82, 2.24) is 0 Å². The summed E-state index contributed by atoms with van der Waals surface area (Å²) in [5, 5.41) is 0.468. The molecule has 96 valence electrons. The van der Waals surface area contributed by atoms with E-state index in [1.807, 2.05) is 30.3 Å². The summed E-state index contributed by atoms with van der Waals surface area (Å²) >= 11 is 6.17. The largest absolute Gasteiger partial charge is 0.456 e. The minimum absolute atomic E-state index is 0.188. The van der Waals surface area contributed by atoms with Crippen molar-refractivity contribution in [3.8, 4) is 11.5 Å². The van der Waals surface area contributed by atoms with E-state index in [1.165, 1.54) is 0 Å². The van der Waals surface area contributed by atoms with Crippen molar-refractivity contribution < 1.29 is 9.53 Å². The van der Waals surface area contributed by atoms with Crippen molar-refractivity contribution in [2.75, 3.05) is 0 Å². The van der Waals surface area contributed by atoms with E-state index in [0.29, 0.717) is 16.3 Å². The van der Waals surface area contributed by atoms with E-state index >= 15 is 0 Å². The van der Waals surface area contributed by atoms with E-state index in [2.05, 4.69) is 0 Å². The van der Waals surface area contributed by atoms with Gasteiger partial charge in [-0.1, -0.05) is 29.8 Å². The fourth-order valence-corrected chi connectivity index (χ4v) is 2.15. The molecule has 3 rings (SSSR count). The van der Waals surface area contributed by atoms with Crippen molar-refractivity contribution in [3.05, 3.63) is 59.1 Å². The number of carbonyl (C=O) groups is 1. The highest BCUT2D eigenvalue weighted by atomic mass is 35.5. The number of halogens is 1. The normalized spacial score (nSPS) is 14.2. The van der Waals surface area contributed by atoms with Gasteiger partial charge in [0.25, 0.3) is 0 Å². The van der Waals surface area contributed by atoms with Gasteiger partial charge in [-0.3, -0.25) is 4.79 Å². The first-order valence-corrected chi connectivity index (χ1v) is 6.68. The Morgan fingerprint density at radius 1 is 1.11 bits per heavy atom. The van der Waals surface area contributed by atoms with E-state index in [9.17, 15) is 4.79 Å². The van der Waals surface area contributed by atoms with Crippen LogP contribution in [0.2, 0.25) is 5.02 Å². The Balaban J connectivity index is 1.81. The Hall–Kier alpha value is -1.80. The molecule has 2 nitrogen and oxygen atoms in total. The SMILES string of the molecule is O=C(c1ccc(Oc2ccccc2)c(Cl)c1)C1CC1. The van der Waals surface area contributed by atoms with Crippen LogP contribution < -0.4 is 4.74 Å². The molecule has 1 aliphatic carbocycles.